The smallest absolute Gasteiger partial charge is 0.0875 e. The van der Waals surface area contributed by atoms with Crippen molar-refractivity contribution in [2.45, 2.75) is 45.6 Å². The second-order valence-corrected chi connectivity index (χ2v) is 6.27. The number of benzene rings is 1. The van der Waals surface area contributed by atoms with Gasteiger partial charge in [-0.15, -0.1) is 0 Å². The van der Waals surface area contributed by atoms with Crippen molar-refractivity contribution in [3.05, 3.63) is 47.5 Å². The van der Waals surface area contributed by atoms with Crippen molar-refractivity contribution in [3.63, 3.8) is 0 Å². The third kappa shape index (κ3) is 3.19. The number of rotatable bonds is 2. The molecule has 0 saturated carbocycles. The summed E-state index contributed by atoms with van der Waals surface area (Å²) in [4.78, 5) is 0. The highest BCUT2D eigenvalue weighted by Crippen LogP contribution is 2.41. The van der Waals surface area contributed by atoms with Crippen molar-refractivity contribution < 1.29 is 5.11 Å². The first-order chi connectivity index (χ1) is 7.89. The summed E-state index contributed by atoms with van der Waals surface area (Å²) < 4.78 is 0. The summed E-state index contributed by atoms with van der Waals surface area (Å²) in [6.07, 6.45) is 4.70. The molecule has 2 rings (SSSR count). The second-order valence-electron chi connectivity index (χ2n) is 6.27. The Morgan fingerprint density at radius 2 is 1.82 bits per heavy atom. The van der Waals surface area contributed by atoms with Crippen molar-refractivity contribution in [2.24, 2.45) is 5.41 Å². The van der Waals surface area contributed by atoms with Crippen LogP contribution in [0.4, 0.5) is 0 Å². The lowest BCUT2D eigenvalue weighted by Gasteiger charge is -2.39. The molecule has 0 fully saturated rings. The molecule has 0 bridgehead atoms. The highest BCUT2D eigenvalue weighted by atomic mass is 16.3. The lowest BCUT2D eigenvalue weighted by molar-refractivity contribution is 0.0315. The quantitative estimate of drug-likeness (QED) is 0.768. The van der Waals surface area contributed by atoms with Crippen LogP contribution >= 0.6 is 0 Å². The largest absolute Gasteiger partial charge is 0.385 e. The number of hydrogen-bond acceptors (Lipinski definition) is 1. The maximum absolute atomic E-state index is 10.8. The van der Waals surface area contributed by atoms with E-state index >= 15 is 0 Å². The zero-order chi connectivity index (χ0) is 12.5. The highest BCUT2D eigenvalue weighted by molar-refractivity contribution is 5.24. The molecule has 0 saturated heterocycles. The van der Waals surface area contributed by atoms with E-state index in [-0.39, 0.29) is 5.41 Å². The van der Waals surface area contributed by atoms with E-state index < -0.39 is 5.60 Å². The molecule has 1 aromatic rings. The Morgan fingerprint density at radius 1 is 1.18 bits per heavy atom. The van der Waals surface area contributed by atoms with Gasteiger partial charge in [0.05, 0.1) is 5.60 Å². The van der Waals surface area contributed by atoms with Crippen LogP contribution in [0.1, 0.15) is 39.2 Å². The fraction of sp³-hybridized carbons (Fsp3) is 0.500. The van der Waals surface area contributed by atoms with Gasteiger partial charge in [0.2, 0.25) is 0 Å². The van der Waals surface area contributed by atoms with Gasteiger partial charge in [0.25, 0.3) is 0 Å². The van der Waals surface area contributed by atoms with E-state index in [1.165, 1.54) is 11.1 Å². The predicted molar refractivity (Wildman–Crippen MR) is 71.9 cm³/mol. The molecule has 1 aliphatic carbocycles. The van der Waals surface area contributed by atoms with Crippen LogP contribution in [-0.2, 0) is 6.42 Å². The van der Waals surface area contributed by atoms with Crippen LogP contribution in [0.25, 0.3) is 0 Å². The molecule has 92 valence electrons. The van der Waals surface area contributed by atoms with Crippen LogP contribution in [-0.4, -0.2) is 10.7 Å². The summed E-state index contributed by atoms with van der Waals surface area (Å²) in [5, 5.41) is 10.8. The molecule has 1 unspecified atom stereocenters. The average Bonchev–Trinajstić information content (AvgIpc) is 2.13. The molecule has 1 aromatic carbocycles. The first-order valence-corrected chi connectivity index (χ1v) is 6.33. The van der Waals surface area contributed by atoms with Gasteiger partial charge in [-0.25, -0.2) is 0 Å². The third-order valence-corrected chi connectivity index (χ3v) is 3.41. The van der Waals surface area contributed by atoms with Gasteiger partial charge < -0.3 is 5.11 Å². The number of allylic oxidation sites excluding steroid dienone is 1. The minimum Gasteiger partial charge on any atom is -0.385 e. The normalized spacial score (nSPS) is 27.6. The van der Waals surface area contributed by atoms with Gasteiger partial charge in [0, 0.05) is 6.42 Å². The molecule has 0 aliphatic heterocycles. The molecular formula is C16H22O. The topological polar surface area (TPSA) is 20.2 Å². The molecule has 0 aromatic heterocycles. The molecule has 1 nitrogen and oxygen atoms in total. The molecule has 1 aliphatic rings. The van der Waals surface area contributed by atoms with Crippen LogP contribution in [0.15, 0.2) is 42.0 Å². The number of aliphatic hydroxyl groups is 1. The average molecular weight is 230 g/mol. The molecule has 0 spiro atoms. The van der Waals surface area contributed by atoms with Crippen molar-refractivity contribution in [3.8, 4) is 0 Å². The first kappa shape index (κ1) is 12.4. The van der Waals surface area contributed by atoms with Crippen LogP contribution in [0.2, 0.25) is 0 Å². The molecule has 0 radical (unpaired) electrons. The minimum atomic E-state index is -0.673. The van der Waals surface area contributed by atoms with Crippen LogP contribution in [0.5, 0.6) is 0 Å². The zero-order valence-electron chi connectivity index (χ0n) is 11.0. The Morgan fingerprint density at radius 3 is 2.41 bits per heavy atom. The number of hydrogen-bond donors (Lipinski definition) is 1. The van der Waals surface area contributed by atoms with Gasteiger partial charge in [-0.3, -0.25) is 0 Å². The summed E-state index contributed by atoms with van der Waals surface area (Å²) in [5.74, 6) is 0. The van der Waals surface area contributed by atoms with E-state index in [1.807, 2.05) is 18.2 Å². The van der Waals surface area contributed by atoms with Crippen molar-refractivity contribution >= 4 is 0 Å². The molecular weight excluding hydrogens is 208 g/mol. The van der Waals surface area contributed by atoms with E-state index in [0.29, 0.717) is 6.42 Å². The molecule has 1 heteroatoms. The van der Waals surface area contributed by atoms with E-state index in [2.05, 4.69) is 39.0 Å². The Bertz CT molecular complexity index is 416. The zero-order valence-corrected chi connectivity index (χ0v) is 11.0. The molecule has 0 heterocycles. The van der Waals surface area contributed by atoms with E-state index in [1.54, 1.807) is 0 Å². The molecule has 1 N–H and O–H groups in total. The van der Waals surface area contributed by atoms with E-state index in [9.17, 15) is 5.11 Å². The Labute approximate surface area is 104 Å². The molecule has 1 atom stereocenters. The van der Waals surface area contributed by atoms with Gasteiger partial charge in [-0.05, 0) is 30.7 Å². The summed E-state index contributed by atoms with van der Waals surface area (Å²) in [6, 6.07) is 10.2. The van der Waals surface area contributed by atoms with Crippen LogP contribution in [0, 0.1) is 5.41 Å². The van der Waals surface area contributed by atoms with Crippen molar-refractivity contribution in [2.75, 3.05) is 0 Å². The summed E-state index contributed by atoms with van der Waals surface area (Å²) in [5.41, 5.74) is 2.03. The van der Waals surface area contributed by atoms with Crippen LogP contribution < -0.4 is 0 Å². The van der Waals surface area contributed by atoms with Gasteiger partial charge in [-0.2, -0.15) is 0 Å². The molecule has 0 amide bonds. The van der Waals surface area contributed by atoms with Gasteiger partial charge in [0.1, 0.15) is 0 Å². The lowest BCUT2D eigenvalue weighted by Crippen LogP contribution is -2.38. The first-order valence-electron chi connectivity index (χ1n) is 6.33. The highest BCUT2D eigenvalue weighted by Gasteiger charge is 2.36. The molecule has 17 heavy (non-hydrogen) atoms. The Kier molecular flexibility index (Phi) is 3.13. The van der Waals surface area contributed by atoms with E-state index in [0.717, 1.165) is 12.8 Å². The van der Waals surface area contributed by atoms with Crippen molar-refractivity contribution in [1.29, 1.82) is 0 Å². The summed E-state index contributed by atoms with van der Waals surface area (Å²) in [7, 11) is 0. The van der Waals surface area contributed by atoms with Crippen molar-refractivity contribution in [1.82, 2.24) is 0 Å². The maximum atomic E-state index is 10.8. The van der Waals surface area contributed by atoms with Gasteiger partial charge in [-0.1, -0.05) is 55.8 Å². The maximum Gasteiger partial charge on any atom is 0.0875 e. The fourth-order valence-corrected chi connectivity index (χ4v) is 3.27. The summed E-state index contributed by atoms with van der Waals surface area (Å²) in [6.45, 7) is 6.59. The third-order valence-electron chi connectivity index (χ3n) is 3.41. The lowest BCUT2D eigenvalue weighted by atomic mass is 9.69. The van der Waals surface area contributed by atoms with Crippen LogP contribution in [0.3, 0.4) is 0 Å². The Balaban J connectivity index is 2.22. The summed E-state index contributed by atoms with van der Waals surface area (Å²) >= 11 is 0. The second kappa shape index (κ2) is 4.30. The Hall–Kier alpha value is -1.08. The van der Waals surface area contributed by atoms with Gasteiger partial charge in [0.15, 0.2) is 0 Å². The monoisotopic (exact) mass is 230 g/mol. The fourth-order valence-electron chi connectivity index (χ4n) is 3.27. The minimum absolute atomic E-state index is 0.197. The standard InChI is InChI=1S/C16H22O/c1-13-9-15(2,3)12-16(17,10-13)11-14-7-5-4-6-8-14/h4-8,10,17H,9,11-12H2,1-3H3. The van der Waals surface area contributed by atoms with E-state index in [4.69, 9.17) is 0 Å². The van der Waals surface area contributed by atoms with Gasteiger partial charge >= 0.3 is 0 Å². The SMILES string of the molecule is CC1=CC(O)(Cc2ccccc2)CC(C)(C)C1. The predicted octanol–water partition coefficient (Wildman–Crippen LogP) is 3.73.